The van der Waals surface area contributed by atoms with Gasteiger partial charge < -0.3 is 0 Å². The molecule has 0 nitrogen and oxygen atoms in total. The summed E-state index contributed by atoms with van der Waals surface area (Å²) in [5, 5.41) is 0.645. The molecule has 0 saturated heterocycles. The standard InChI is InChI=1S/C16H14ClF3S/c1-3-11-5-7-13(9-14(11)17)21-15-8-12(16(18,19)20)6-4-10(15)2/h4-9H,3H2,1-2H3. The highest BCUT2D eigenvalue weighted by Gasteiger charge is 2.30. The third kappa shape index (κ3) is 3.95. The lowest BCUT2D eigenvalue weighted by molar-refractivity contribution is -0.137. The maximum absolute atomic E-state index is 12.8. The molecule has 21 heavy (non-hydrogen) atoms. The zero-order valence-corrected chi connectivity index (χ0v) is 13.2. The monoisotopic (exact) mass is 330 g/mol. The minimum atomic E-state index is -4.33. The van der Waals surface area contributed by atoms with Gasteiger partial charge in [0.25, 0.3) is 0 Å². The van der Waals surface area contributed by atoms with Crippen LogP contribution < -0.4 is 0 Å². The SMILES string of the molecule is CCc1ccc(Sc2cc(C(F)(F)F)ccc2C)cc1Cl. The predicted molar refractivity (Wildman–Crippen MR) is 81.1 cm³/mol. The first-order valence-corrected chi connectivity index (χ1v) is 7.65. The van der Waals surface area contributed by atoms with Crippen molar-refractivity contribution in [2.75, 3.05) is 0 Å². The minimum Gasteiger partial charge on any atom is -0.166 e. The van der Waals surface area contributed by atoms with Crippen LogP contribution >= 0.6 is 23.4 Å². The van der Waals surface area contributed by atoms with Crippen molar-refractivity contribution in [2.45, 2.75) is 36.2 Å². The summed E-state index contributed by atoms with van der Waals surface area (Å²) >= 11 is 7.44. The summed E-state index contributed by atoms with van der Waals surface area (Å²) < 4.78 is 38.3. The highest BCUT2D eigenvalue weighted by atomic mass is 35.5. The number of rotatable bonds is 3. The van der Waals surface area contributed by atoms with Crippen molar-refractivity contribution >= 4 is 23.4 Å². The number of aryl methyl sites for hydroxylation is 2. The molecule has 112 valence electrons. The number of hydrogen-bond acceptors (Lipinski definition) is 1. The first-order valence-electron chi connectivity index (χ1n) is 6.45. The lowest BCUT2D eigenvalue weighted by atomic mass is 10.1. The molecule has 0 unspecified atom stereocenters. The first-order chi connectivity index (χ1) is 9.81. The van der Waals surface area contributed by atoms with Gasteiger partial charge in [0, 0.05) is 14.8 Å². The van der Waals surface area contributed by atoms with Crippen LogP contribution in [-0.2, 0) is 12.6 Å². The Labute approximate surface area is 131 Å². The maximum atomic E-state index is 12.8. The molecule has 0 N–H and O–H groups in total. The van der Waals surface area contributed by atoms with E-state index in [9.17, 15) is 13.2 Å². The van der Waals surface area contributed by atoms with Crippen LogP contribution in [-0.4, -0.2) is 0 Å². The molecule has 0 heterocycles. The van der Waals surface area contributed by atoms with Gasteiger partial charge in [-0.3, -0.25) is 0 Å². The van der Waals surface area contributed by atoms with Crippen LogP contribution in [0.4, 0.5) is 13.2 Å². The lowest BCUT2D eigenvalue weighted by Gasteiger charge is -2.12. The Hall–Kier alpha value is -1.13. The topological polar surface area (TPSA) is 0 Å². The molecule has 2 rings (SSSR count). The van der Waals surface area contributed by atoms with Gasteiger partial charge in [0.2, 0.25) is 0 Å². The average molecular weight is 331 g/mol. The quantitative estimate of drug-likeness (QED) is 0.629. The van der Waals surface area contributed by atoms with Crippen molar-refractivity contribution in [3.63, 3.8) is 0 Å². The van der Waals surface area contributed by atoms with Gasteiger partial charge in [0.1, 0.15) is 0 Å². The van der Waals surface area contributed by atoms with Crippen molar-refractivity contribution in [1.29, 1.82) is 0 Å². The van der Waals surface area contributed by atoms with Crippen molar-refractivity contribution in [1.82, 2.24) is 0 Å². The molecule has 0 aromatic heterocycles. The number of hydrogen-bond donors (Lipinski definition) is 0. The van der Waals surface area contributed by atoms with Gasteiger partial charge in [-0.15, -0.1) is 0 Å². The van der Waals surface area contributed by atoms with E-state index in [4.69, 9.17) is 11.6 Å². The fourth-order valence-corrected chi connectivity index (χ4v) is 3.25. The smallest absolute Gasteiger partial charge is 0.166 e. The van der Waals surface area contributed by atoms with Gasteiger partial charge in [0.05, 0.1) is 5.56 Å². The van der Waals surface area contributed by atoms with E-state index < -0.39 is 11.7 Å². The molecular formula is C16H14ClF3S. The number of halogens is 4. The summed E-state index contributed by atoms with van der Waals surface area (Å²) in [7, 11) is 0. The van der Waals surface area contributed by atoms with Gasteiger partial charge in [0.15, 0.2) is 0 Å². The van der Waals surface area contributed by atoms with Crippen LogP contribution in [0.5, 0.6) is 0 Å². The third-order valence-corrected chi connectivity index (χ3v) is 4.65. The largest absolute Gasteiger partial charge is 0.416 e. The maximum Gasteiger partial charge on any atom is 0.416 e. The van der Waals surface area contributed by atoms with E-state index in [-0.39, 0.29) is 0 Å². The van der Waals surface area contributed by atoms with E-state index in [0.717, 1.165) is 28.5 Å². The van der Waals surface area contributed by atoms with Gasteiger partial charge in [-0.05, 0) is 48.7 Å². The summed E-state index contributed by atoms with van der Waals surface area (Å²) in [4.78, 5) is 1.42. The minimum absolute atomic E-state index is 0.588. The molecule has 0 saturated carbocycles. The van der Waals surface area contributed by atoms with Crippen molar-refractivity contribution in [2.24, 2.45) is 0 Å². The van der Waals surface area contributed by atoms with E-state index in [0.29, 0.717) is 9.92 Å². The highest BCUT2D eigenvalue weighted by molar-refractivity contribution is 7.99. The molecule has 0 atom stereocenters. The summed E-state index contributed by atoms with van der Waals surface area (Å²) in [6, 6.07) is 9.37. The van der Waals surface area contributed by atoms with E-state index in [1.807, 2.05) is 19.1 Å². The second kappa shape index (κ2) is 6.32. The average Bonchev–Trinajstić information content (AvgIpc) is 2.40. The molecule has 0 aliphatic heterocycles. The summed E-state index contributed by atoms with van der Waals surface area (Å²) in [5.74, 6) is 0. The fourth-order valence-electron chi connectivity index (χ4n) is 1.89. The molecule has 0 fully saturated rings. The van der Waals surface area contributed by atoms with Crippen molar-refractivity contribution < 1.29 is 13.2 Å². The zero-order chi connectivity index (χ0) is 15.6. The van der Waals surface area contributed by atoms with Crippen LogP contribution in [0.15, 0.2) is 46.2 Å². The fraction of sp³-hybridized carbons (Fsp3) is 0.250. The Morgan fingerprint density at radius 3 is 2.38 bits per heavy atom. The molecule has 0 spiro atoms. The Kier molecular flexibility index (Phi) is 4.89. The van der Waals surface area contributed by atoms with E-state index in [1.165, 1.54) is 23.9 Å². The number of alkyl halides is 3. The van der Waals surface area contributed by atoms with Gasteiger partial charge in [-0.1, -0.05) is 42.4 Å². The summed E-state index contributed by atoms with van der Waals surface area (Å²) in [6.07, 6.45) is -3.50. The van der Waals surface area contributed by atoms with Gasteiger partial charge in [-0.25, -0.2) is 0 Å². The van der Waals surface area contributed by atoms with Crippen LogP contribution in [0.2, 0.25) is 5.02 Å². The summed E-state index contributed by atoms with van der Waals surface area (Å²) in [6.45, 7) is 3.80. The van der Waals surface area contributed by atoms with Crippen LogP contribution in [0.3, 0.4) is 0 Å². The molecule has 2 aromatic carbocycles. The predicted octanol–water partition coefficient (Wildman–Crippen LogP) is 6.38. The molecule has 0 radical (unpaired) electrons. The Bertz CT molecular complexity index is 650. The Morgan fingerprint density at radius 1 is 1.10 bits per heavy atom. The number of benzene rings is 2. The van der Waals surface area contributed by atoms with Crippen molar-refractivity contribution in [3.05, 3.63) is 58.1 Å². The van der Waals surface area contributed by atoms with E-state index >= 15 is 0 Å². The van der Waals surface area contributed by atoms with E-state index in [2.05, 4.69) is 0 Å². The molecule has 0 aliphatic carbocycles. The summed E-state index contributed by atoms with van der Waals surface area (Å²) in [5.41, 5.74) is 1.21. The molecule has 0 bridgehead atoms. The normalized spacial score (nSPS) is 11.7. The van der Waals surface area contributed by atoms with Crippen LogP contribution in [0.25, 0.3) is 0 Å². The molecule has 2 aromatic rings. The van der Waals surface area contributed by atoms with Crippen molar-refractivity contribution in [3.8, 4) is 0 Å². The third-order valence-electron chi connectivity index (χ3n) is 3.15. The van der Waals surface area contributed by atoms with E-state index in [1.54, 1.807) is 13.0 Å². The van der Waals surface area contributed by atoms with Crippen LogP contribution in [0.1, 0.15) is 23.6 Å². The molecule has 0 aliphatic rings. The van der Waals surface area contributed by atoms with Crippen LogP contribution in [0, 0.1) is 6.92 Å². The Morgan fingerprint density at radius 2 is 1.81 bits per heavy atom. The highest BCUT2D eigenvalue weighted by Crippen LogP contribution is 2.37. The molecule has 0 amide bonds. The molecular weight excluding hydrogens is 317 g/mol. The lowest BCUT2D eigenvalue weighted by Crippen LogP contribution is -2.04. The van der Waals surface area contributed by atoms with Gasteiger partial charge >= 0.3 is 6.18 Å². The first kappa shape index (κ1) is 16.2. The van der Waals surface area contributed by atoms with Gasteiger partial charge in [-0.2, -0.15) is 13.2 Å². The Balaban J connectivity index is 2.33. The zero-order valence-electron chi connectivity index (χ0n) is 11.6. The second-order valence-electron chi connectivity index (χ2n) is 4.69. The molecule has 5 heteroatoms. The second-order valence-corrected chi connectivity index (χ2v) is 6.21.